The number of aromatic amines is 1. The van der Waals surface area contributed by atoms with Gasteiger partial charge in [0.25, 0.3) is 0 Å². The number of alkyl carbamates (subject to hydrolysis) is 1. The van der Waals surface area contributed by atoms with Crippen LogP contribution in [0.2, 0.25) is 0 Å². The minimum Gasteiger partial charge on any atom is -0.508 e. The van der Waals surface area contributed by atoms with Gasteiger partial charge in [0.2, 0.25) is 0 Å². The van der Waals surface area contributed by atoms with Crippen molar-refractivity contribution in [1.82, 2.24) is 15.3 Å². The summed E-state index contributed by atoms with van der Waals surface area (Å²) in [5.74, 6) is 0.223. The molecule has 1 amide bonds. The fourth-order valence-corrected chi connectivity index (χ4v) is 2.54. The van der Waals surface area contributed by atoms with Crippen LogP contribution in [-0.4, -0.2) is 27.7 Å². The number of H-pyrrole nitrogens is 1. The molecule has 3 N–H and O–H groups in total. The zero-order valence-corrected chi connectivity index (χ0v) is 13.4. The lowest BCUT2D eigenvalue weighted by molar-refractivity contribution is 0.138. The summed E-state index contributed by atoms with van der Waals surface area (Å²) in [6.07, 6.45) is 2.05. The molecule has 2 aromatic heterocycles. The Morgan fingerprint density at radius 3 is 3.04 bits per heavy atom. The molecule has 0 saturated carbocycles. The molecule has 6 nitrogen and oxygen atoms in total. The number of amides is 1. The highest BCUT2D eigenvalue weighted by atomic mass is 16.5. The van der Waals surface area contributed by atoms with E-state index >= 15 is 0 Å². The quantitative estimate of drug-likeness (QED) is 0.673. The van der Waals surface area contributed by atoms with Gasteiger partial charge in [0.15, 0.2) is 0 Å². The van der Waals surface area contributed by atoms with Gasteiger partial charge in [-0.2, -0.15) is 0 Å². The van der Waals surface area contributed by atoms with Crippen LogP contribution in [0.3, 0.4) is 0 Å². The Bertz CT molecular complexity index is 858. The molecule has 0 radical (unpaired) electrons. The number of phenolic OH excluding ortho intramolecular Hbond substituents is 1. The molecule has 0 aliphatic carbocycles. The summed E-state index contributed by atoms with van der Waals surface area (Å²) in [6.45, 7) is 2.49. The summed E-state index contributed by atoms with van der Waals surface area (Å²) in [5, 5.41) is 13.2. The molecule has 0 spiro atoms. The third-order valence-electron chi connectivity index (χ3n) is 3.71. The van der Waals surface area contributed by atoms with Crippen molar-refractivity contribution in [2.24, 2.45) is 0 Å². The van der Waals surface area contributed by atoms with E-state index in [4.69, 9.17) is 4.74 Å². The van der Waals surface area contributed by atoms with E-state index in [-0.39, 0.29) is 12.4 Å². The maximum absolute atomic E-state index is 11.7. The zero-order valence-electron chi connectivity index (χ0n) is 13.4. The van der Waals surface area contributed by atoms with Gasteiger partial charge in [0.05, 0.1) is 5.69 Å². The first-order valence-electron chi connectivity index (χ1n) is 7.74. The maximum atomic E-state index is 11.7. The number of fused-ring (bicyclic) bond motifs is 1. The number of benzene rings is 1. The normalized spacial score (nSPS) is 10.7. The Labute approximate surface area is 139 Å². The van der Waals surface area contributed by atoms with E-state index in [0.717, 1.165) is 27.9 Å². The summed E-state index contributed by atoms with van der Waals surface area (Å²) in [7, 11) is 0. The number of hydrogen-bond donors (Lipinski definition) is 3. The van der Waals surface area contributed by atoms with Crippen LogP contribution in [0.4, 0.5) is 4.79 Å². The van der Waals surface area contributed by atoms with E-state index in [1.807, 2.05) is 37.4 Å². The minimum absolute atomic E-state index is 0.147. The number of nitrogens with one attached hydrogen (secondary N) is 2. The van der Waals surface area contributed by atoms with Crippen molar-refractivity contribution < 1.29 is 14.6 Å². The molecule has 0 saturated heterocycles. The fourth-order valence-electron chi connectivity index (χ4n) is 2.54. The smallest absolute Gasteiger partial charge is 0.407 e. The Kier molecular flexibility index (Phi) is 4.65. The largest absolute Gasteiger partial charge is 0.508 e. The van der Waals surface area contributed by atoms with Gasteiger partial charge < -0.3 is 20.1 Å². The highest BCUT2D eigenvalue weighted by molar-refractivity contribution is 5.84. The van der Waals surface area contributed by atoms with Crippen LogP contribution in [0, 0.1) is 6.92 Å². The van der Waals surface area contributed by atoms with Crippen LogP contribution in [0.5, 0.6) is 5.75 Å². The topological polar surface area (TPSA) is 87.2 Å². The highest BCUT2D eigenvalue weighted by Crippen LogP contribution is 2.22. The molecular formula is C18H19N3O3. The summed E-state index contributed by atoms with van der Waals surface area (Å²) in [6, 6.07) is 10.8. The first kappa shape index (κ1) is 15.9. The Morgan fingerprint density at radius 2 is 2.21 bits per heavy atom. The second-order valence-corrected chi connectivity index (χ2v) is 5.57. The number of hydrogen-bond acceptors (Lipinski definition) is 4. The number of aryl methyl sites for hydroxylation is 1. The molecule has 6 heteroatoms. The number of ether oxygens (including phenoxy) is 1. The third kappa shape index (κ3) is 3.84. The summed E-state index contributed by atoms with van der Waals surface area (Å²) in [5.41, 5.74) is 3.59. The van der Waals surface area contributed by atoms with Gasteiger partial charge in [-0.1, -0.05) is 6.07 Å². The molecule has 0 aliphatic rings. The SMILES string of the molecule is Cc1cccc(COC(=O)NCCc2c[nH]c3ccc(O)cc23)n1. The number of carbonyl (C=O) groups is 1. The number of phenols is 1. The van der Waals surface area contributed by atoms with E-state index in [1.165, 1.54) is 0 Å². The van der Waals surface area contributed by atoms with Crippen molar-refractivity contribution in [3.63, 3.8) is 0 Å². The fraction of sp³-hybridized carbons (Fsp3) is 0.222. The van der Waals surface area contributed by atoms with E-state index in [2.05, 4.69) is 15.3 Å². The van der Waals surface area contributed by atoms with Gasteiger partial charge in [0.1, 0.15) is 12.4 Å². The average Bonchev–Trinajstić information content (AvgIpc) is 2.95. The monoisotopic (exact) mass is 325 g/mol. The van der Waals surface area contributed by atoms with E-state index in [0.29, 0.717) is 13.0 Å². The van der Waals surface area contributed by atoms with Crippen molar-refractivity contribution >= 4 is 17.0 Å². The van der Waals surface area contributed by atoms with E-state index in [9.17, 15) is 9.90 Å². The molecular weight excluding hydrogens is 306 g/mol. The second-order valence-electron chi connectivity index (χ2n) is 5.57. The van der Waals surface area contributed by atoms with Crippen LogP contribution >= 0.6 is 0 Å². The van der Waals surface area contributed by atoms with Gasteiger partial charge in [-0.3, -0.25) is 4.98 Å². The van der Waals surface area contributed by atoms with Gasteiger partial charge in [-0.05, 0) is 49.2 Å². The van der Waals surface area contributed by atoms with E-state index < -0.39 is 6.09 Å². The predicted octanol–water partition coefficient (Wildman–Crippen LogP) is 3.05. The molecule has 1 aromatic carbocycles. The zero-order chi connectivity index (χ0) is 16.9. The lowest BCUT2D eigenvalue weighted by Crippen LogP contribution is -2.26. The molecule has 0 bridgehead atoms. The van der Waals surface area contributed by atoms with Crippen LogP contribution in [0.1, 0.15) is 17.0 Å². The molecule has 3 aromatic rings. The molecule has 24 heavy (non-hydrogen) atoms. The summed E-state index contributed by atoms with van der Waals surface area (Å²) >= 11 is 0. The molecule has 0 atom stereocenters. The Balaban J connectivity index is 1.48. The predicted molar refractivity (Wildman–Crippen MR) is 90.8 cm³/mol. The third-order valence-corrected chi connectivity index (χ3v) is 3.71. The number of nitrogens with zero attached hydrogens (tertiary/aromatic N) is 1. The second kappa shape index (κ2) is 7.04. The molecule has 124 valence electrons. The number of pyridine rings is 1. The lowest BCUT2D eigenvalue weighted by Gasteiger charge is -2.07. The van der Waals surface area contributed by atoms with Gasteiger partial charge in [-0.15, -0.1) is 0 Å². The standard InChI is InChI=1S/C18H19N3O3/c1-12-3-2-4-14(21-12)11-24-18(23)19-8-7-13-10-20-17-6-5-15(22)9-16(13)17/h2-6,9-10,20,22H,7-8,11H2,1H3,(H,19,23). The van der Waals surface area contributed by atoms with Crippen molar-refractivity contribution in [2.45, 2.75) is 20.0 Å². The molecule has 0 aliphatic heterocycles. The Morgan fingerprint density at radius 1 is 1.33 bits per heavy atom. The molecule has 3 rings (SSSR count). The number of aromatic hydroxyl groups is 1. The van der Waals surface area contributed by atoms with Crippen molar-refractivity contribution in [3.05, 3.63) is 59.5 Å². The number of aromatic nitrogens is 2. The molecule has 0 unspecified atom stereocenters. The maximum Gasteiger partial charge on any atom is 0.407 e. The number of carbonyl (C=O) groups excluding carboxylic acids is 1. The van der Waals surface area contributed by atoms with Crippen LogP contribution in [0.15, 0.2) is 42.6 Å². The van der Waals surface area contributed by atoms with Crippen LogP contribution in [0.25, 0.3) is 10.9 Å². The lowest BCUT2D eigenvalue weighted by atomic mass is 10.1. The van der Waals surface area contributed by atoms with Gasteiger partial charge >= 0.3 is 6.09 Å². The minimum atomic E-state index is -0.471. The highest BCUT2D eigenvalue weighted by Gasteiger charge is 2.07. The summed E-state index contributed by atoms with van der Waals surface area (Å²) < 4.78 is 5.15. The average molecular weight is 325 g/mol. The summed E-state index contributed by atoms with van der Waals surface area (Å²) in [4.78, 5) is 19.2. The first-order valence-corrected chi connectivity index (χ1v) is 7.74. The first-order chi connectivity index (χ1) is 11.6. The van der Waals surface area contributed by atoms with Gasteiger partial charge in [-0.25, -0.2) is 4.79 Å². The van der Waals surface area contributed by atoms with Crippen LogP contribution < -0.4 is 5.32 Å². The van der Waals surface area contributed by atoms with Gasteiger partial charge in [0, 0.05) is 29.3 Å². The van der Waals surface area contributed by atoms with Crippen molar-refractivity contribution in [1.29, 1.82) is 0 Å². The number of rotatable bonds is 5. The molecule has 2 heterocycles. The molecule has 0 fully saturated rings. The van der Waals surface area contributed by atoms with Crippen molar-refractivity contribution in [2.75, 3.05) is 6.54 Å². The van der Waals surface area contributed by atoms with Crippen LogP contribution in [-0.2, 0) is 17.8 Å². The van der Waals surface area contributed by atoms with Crippen molar-refractivity contribution in [3.8, 4) is 5.75 Å². The van der Waals surface area contributed by atoms with E-state index in [1.54, 1.807) is 12.1 Å². The Hall–Kier alpha value is -3.02.